The van der Waals surface area contributed by atoms with Gasteiger partial charge in [0.2, 0.25) is 5.91 Å². The van der Waals surface area contributed by atoms with Crippen molar-refractivity contribution >= 4 is 34.0 Å². The largest absolute Gasteiger partial charge is 0.436 e. The Bertz CT molecular complexity index is 1860. The molecule has 14 heteroatoms. The molecule has 1 aromatic carbocycles. The second-order valence-electron chi connectivity index (χ2n) is 9.97. The fourth-order valence-corrected chi connectivity index (χ4v) is 5.93. The van der Waals surface area contributed by atoms with Gasteiger partial charge in [-0.15, -0.1) is 5.10 Å². The monoisotopic (exact) mass is 582 g/mol. The van der Waals surface area contributed by atoms with Gasteiger partial charge in [-0.25, -0.2) is 14.1 Å². The summed E-state index contributed by atoms with van der Waals surface area (Å²) in [6.07, 6.45) is 5.84. The van der Waals surface area contributed by atoms with Crippen LogP contribution in [0.1, 0.15) is 42.4 Å². The van der Waals surface area contributed by atoms with Crippen molar-refractivity contribution in [1.82, 2.24) is 39.8 Å². The first-order chi connectivity index (χ1) is 19.7. The van der Waals surface area contributed by atoms with E-state index in [0.29, 0.717) is 30.4 Å². The first-order valence-corrected chi connectivity index (χ1v) is 13.0. The number of nitrogens with one attached hydrogen (secondary N) is 2. The van der Waals surface area contributed by atoms with Crippen LogP contribution in [0.25, 0.3) is 33.4 Å². The first-order valence-electron chi connectivity index (χ1n) is 12.7. The van der Waals surface area contributed by atoms with Gasteiger partial charge < -0.3 is 14.9 Å². The van der Waals surface area contributed by atoms with E-state index in [-0.39, 0.29) is 40.7 Å². The number of pyridine rings is 1. The molecule has 2 aliphatic rings. The van der Waals surface area contributed by atoms with Gasteiger partial charge >= 0.3 is 6.18 Å². The van der Waals surface area contributed by atoms with Crippen LogP contribution in [0.5, 0.6) is 0 Å². The van der Waals surface area contributed by atoms with E-state index in [0.717, 1.165) is 26.8 Å². The minimum Gasteiger partial charge on any atom is -0.360 e. The van der Waals surface area contributed by atoms with Crippen LogP contribution in [-0.2, 0) is 11.0 Å². The lowest BCUT2D eigenvalue weighted by Crippen LogP contribution is -2.39. The van der Waals surface area contributed by atoms with Crippen LogP contribution in [0.3, 0.4) is 0 Å². The van der Waals surface area contributed by atoms with Gasteiger partial charge in [0.1, 0.15) is 5.82 Å². The zero-order valence-electron chi connectivity index (χ0n) is 21.0. The van der Waals surface area contributed by atoms with Crippen LogP contribution in [0.15, 0.2) is 55.3 Å². The average Bonchev–Trinajstić information content (AvgIpc) is 3.74. The van der Waals surface area contributed by atoms with Crippen molar-refractivity contribution < 1.29 is 22.4 Å². The van der Waals surface area contributed by atoms with Crippen molar-refractivity contribution in [3.63, 3.8) is 0 Å². The normalized spacial score (nSPS) is 19.2. The lowest BCUT2D eigenvalue weighted by Gasteiger charge is -2.33. The smallest absolute Gasteiger partial charge is 0.360 e. The number of benzene rings is 1. The predicted octanol–water partition coefficient (Wildman–Crippen LogP) is 5.86. The fraction of sp³-hybridized carbons (Fsp3) is 0.222. The number of H-pyrrole nitrogens is 2. The molecule has 2 N–H and O–H groups in total. The van der Waals surface area contributed by atoms with Gasteiger partial charge in [0.15, 0.2) is 11.5 Å². The second kappa shape index (κ2) is 9.26. The van der Waals surface area contributed by atoms with Crippen LogP contribution in [0, 0.1) is 5.82 Å². The van der Waals surface area contributed by atoms with Gasteiger partial charge in [0, 0.05) is 52.7 Å². The SMILES string of the molecule is O=C1C=C(c2c(-n3cc(C(F)(F)F)nn3)ccc(Cl)c2F)C[C@@H]2CC[C@@H](c3ncc(-c4c[nH]c5ccncc45)[nH]3)N12. The minimum atomic E-state index is -4.72. The van der Waals surface area contributed by atoms with Crippen molar-refractivity contribution in [1.29, 1.82) is 0 Å². The summed E-state index contributed by atoms with van der Waals surface area (Å²) in [4.78, 5) is 30.5. The van der Waals surface area contributed by atoms with Crippen molar-refractivity contribution in [3.05, 3.63) is 83.2 Å². The number of aromatic nitrogens is 7. The average molecular weight is 583 g/mol. The summed E-state index contributed by atoms with van der Waals surface area (Å²) in [6, 6.07) is 3.86. The molecule has 4 aromatic heterocycles. The Labute approximate surface area is 233 Å². The molecular weight excluding hydrogens is 564 g/mol. The van der Waals surface area contributed by atoms with Crippen molar-refractivity contribution in [3.8, 4) is 16.9 Å². The Morgan fingerprint density at radius 1 is 1.12 bits per heavy atom. The van der Waals surface area contributed by atoms with Crippen molar-refractivity contribution in [2.75, 3.05) is 0 Å². The quantitative estimate of drug-likeness (QED) is 0.258. The van der Waals surface area contributed by atoms with Gasteiger partial charge in [-0.3, -0.25) is 9.78 Å². The maximum Gasteiger partial charge on any atom is 0.436 e. The van der Waals surface area contributed by atoms with Gasteiger partial charge in [-0.05, 0) is 43.0 Å². The van der Waals surface area contributed by atoms with E-state index in [1.54, 1.807) is 23.5 Å². The van der Waals surface area contributed by atoms with E-state index in [4.69, 9.17) is 11.6 Å². The van der Waals surface area contributed by atoms with Crippen LogP contribution in [-0.4, -0.2) is 51.8 Å². The first kappa shape index (κ1) is 25.4. The predicted molar refractivity (Wildman–Crippen MR) is 140 cm³/mol. The number of rotatable bonds is 4. The van der Waals surface area contributed by atoms with Gasteiger partial charge in [0.05, 0.1) is 34.8 Å². The summed E-state index contributed by atoms with van der Waals surface area (Å²) in [5.41, 5.74) is 1.63. The number of nitrogens with zero attached hydrogens (tertiary/aromatic N) is 6. The molecule has 2 aliphatic heterocycles. The number of hydrogen-bond acceptors (Lipinski definition) is 5. The van der Waals surface area contributed by atoms with E-state index in [2.05, 4.69) is 30.2 Å². The number of alkyl halides is 3. The number of imidazole rings is 1. The summed E-state index contributed by atoms with van der Waals surface area (Å²) < 4.78 is 55.7. The van der Waals surface area contributed by atoms with Crippen molar-refractivity contribution in [2.24, 2.45) is 0 Å². The Hall–Kier alpha value is -4.52. The Kier molecular flexibility index (Phi) is 5.75. The molecule has 0 radical (unpaired) electrons. The van der Waals surface area contributed by atoms with E-state index < -0.39 is 17.7 Å². The van der Waals surface area contributed by atoms with E-state index >= 15 is 4.39 Å². The number of halogens is 5. The standard InChI is InChI=1S/C27H19ClF4N8O/c28-17-2-4-20(39-12-22(37-38-39)27(30,31)32)24(25(17)29)13-7-14-1-3-21(40(14)23(41)8-13)26-35-11-19(36-26)16-10-34-18-5-6-33-9-15(16)18/h2,4-6,8-12,14,21,34H,1,3,7H2,(H,35,36)/t14-,21-/m0/s1. The molecule has 7 rings (SSSR count). The highest BCUT2D eigenvalue weighted by atomic mass is 35.5. The molecule has 0 bridgehead atoms. The molecule has 5 aromatic rings. The highest BCUT2D eigenvalue weighted by Gasteiger charge is 2.42. The topological polar surface area (TPSA) is 108 Å². The summed E-state index contributed by atoms with van der Waals surface area (Å²) in [6.45, 7) is 0. The van der Waals surface area contributed by atoms with Gasteiger partial charge in [0.25, 0.3) is 0 Å². The van der Waals surface area contributed by atoms with Crippen molar-refractivity contribution in [2.45, 2.75) is 37.5 Å². The molecule has 1 amide bonds. The van der Waals surface area contributed by atoms with E-state index in [1.165, 1.54) is 18.2 Å². The van der Waals surface area contributed by atoms with E-state index in [1.807, 2.05) is 12.3 Å². The molecule has 9 nitrogen and oxygen atoms in total. The maximum atomic E-state index is 15.4. The second-order valence-corrected chi connectivity index (χ2v) is 10.4. The number of aromatic amines is 2. The number of amides is 1. The van der Waals surface area contributed by atoms with Gasteiger partial charge in [-0.1, -0.05) is 16.8 Å². The van der Waals surface area contributed by atoms with Crippen LogP contribution in [0.2, 0.25) is 5.02 Å². The van der Waals surface area contributed by atoms with Gasteiger partial charge in [-0.2, -0.15) is 13.2 Å². The molecule has 2 atom stereocenters. The number of carbonyl (C=O) groups excluding carboxylic acids is 1. The lowest BCUT2D eigenvalue weighted by atomic mass is 9.92. The molecule has 0 aliphatic carbocycles. The molecule has 0 spiro atoms. The molecule has 0 unspecified atom stereocenters. The van der Waals surface area contributed by atoms with Crippen LogP contribution >= 0.6 is 11.6 Å². The number of fused-ring (bicyclic) bond motifs is 2. The Balaban J connectivity index is 1.21. The zero-order chi connectivity index (χ0) is 28.5. The molecule has 1 saturated heterocycles. The summed E-state index contributed by atoms with van der Waals surface area (Å²) >= 11 is 6.06. The molecular formula is C27H19ClF4N8O. The Morgan fingerprint density at radius 2 is 1.98 bits per heavy atom. The Morgan fingerprint density at radius 3 is 2.78 bits per heavy atom. The molecule has 1 fully saturated rings. The highest BCUT2D eigenvalue weighted by Crippen LogP contribution is 2.44. The third-order valence-corrected chi connectivity index (χ3v) is 7.91. The highest BCUT2D eigenvalue weighted by molar-refractivity contribution is 6.31. The van der Waals surface area contributed by atoms with Crippen LogP contribution in [0.4, 0.5) is 17.6 Å². The van der Waals surface area contributed by atoms with E-state index in [9.17, 15) is 18.0 Å². The third-order valence-electron chi connectivity index (χ3n) is 7.62. The minimum absolute atomic E-state index is 0.000780. The fourth-order valence-electron chi connectivity index (χ4n) is 5.77. The summed E-state index contributed by atoms with van der Waals surface area (Å²) in [5, 5.41) is 7.43. The molecule has 0 saturated carbocycles. The zero-order valence-corrected chi connectivity index (χ0v) is 21.7. The summed E-state index contributed by atoms with van der Waals surface area (Å²) in [5.74, 6) is -0.574. The van der Waals surface area contributed by atoms with Crippen LogP contribution < -0.4 is 0 Å². The lowest BCUT2D eigenvalue weighted by molar-refractivity contribution is -0.141. The summed E-state index contributed by atoms with van der Waals surface area (Å²) in [7, 11) is 0. The molecule has 41 heavy (non-hydrogen) atoms. The number of hydrogen-bond donors (Lipinski definition) is 2. The third kappa shape index (κ3) is 4.19. The maximum absolute atomic E-state index is 15.4. The number of carbonyl (C=O) groups is 1. The molecule has 208 valence electrons. The molecule has 6 heterocycles.